The first-order valence-corrected chi connectivity index (χ1v) is 6.87. The lowest BCUT2D eigenvalue weighted by Crippen LogP contribution is -2.23. The van der Waals surface area contributed by atoms with Crippen molar-refractivity contribution in [2.24, 2.45) is 0 Å². The highest BCUT2D eigenvalue weighted by atomic mass is 32.2. The van der Waals surface area contributed by atoms with Crippen LogP contribution in [-0.2, 0) is 9.84 Å². The number of rotatable bonds is 2. The molecule has 1 aliphatic carbocycles. The molecule has 0 radical (unpaired) electrons. The quantitative estimate of drug-likeness (QED) is 0.770. The second-order valence-corrected chi connectivity index (χ2v) is 6.20. The third-order valence-electron chi connectivity index (χ3n) is 2.95. The molecule has 2 nitrogen and oxygen atoms in total. The van der Waals surface area contributed by atoms with E-state index in [0.717, 1.165) is 25.7 Å². The molecule has 0 atom stereocenters. The molecular weight excluding hydrogens is 208 g/mol. The van der Waals surface area contributed by atoms with Gasteiger partial charge in [-0.25, -0.2) is 8.42 Å². The maximum atomic E-state index is 12.2. The minimum atomic E-state index is -3.11. The topological polar surface area (TPSA) is 34.1 Å². The van der Waals surface area contributed by atoms with Crippen LogP contribution in [0.4, 0.5) is 0 Å². The molecule has 0 unspecified atom stereocenters. The van der Waals surface area contributed by atoms with Crippen molar-refractivity contribution < 1.29 is 8.42 Å². The lowest BCUT2D eigenvalue weighted by Gasteiger charge is -2.21. The summed E-state index contributed by atoms with van der Waals surface area (Å²) in [4.78, 5) is 0.396. The predicted molar refractivity (Wildman–Crippen MR) is 58.2 cm³/mol. The maximum Gasteiger partial charge on any atom is 0.181 e. The van der Waals surface area contributed by atoms with Gasteiger partial charge in [-0.2, -0.15) is 0 Å². The van der Waals surface area contributed by atoms with Gasteiger partial charge in [0.1, 0.15) is 0 Å². The second-order valence-electron chi connectivity index (χ2n) is 3.97. The van der Waals surface area contributed by atoms with E-state index in [0.29, 0.717) is 4.90 Å². The fourth-order valence-corrected chi connectivity index (χ4v) is 3.90. The molecule has 1 aromatic carbocycles. The van der Waals surface area contributed by atoms with Crippen molar-refractivity contribution in [1.82, 2.24) is 0 Å². The van der Waals surface area contributed by atoms with E-state index in [1.54, 1.807) is 12.1 Å². The van der Waals surface area contributed by atoms with Gasteiger partial charge in [0.05, 0.1) is 10.1 Å². The maximum absolute atomic E-state index is 12.2. The van der Waals surface area contributed by atoms with Crippen LogP contribution in [0, 0.1) is 12.1 Å². The average Bonchev–Trinajstić information content (AvgIpc) is 2.31. The van der Waals surface area contributed by atoms with Crippen LogP contribution < -0.4 is 0 Å². The summed E-state index contributed by atoms with van der Waals surface area (Å²) < 4.78 is 24.3. The summed E-state index contributed by atoms with van der Waals surface area (Å²) in [5.74, 6) is 0. The van der Waals surface area contributed by atoms with E-state index in [2.05, 4.69) is 12.1 Å². The molecule has 0 saturated heterocycles. The number of hydrogen-bond acceptors (Lipinski definition) is 2. The molecule has 0 aromatic heterocycles. The Morgan fingerprint density at radius 3 is 2.47 bits per heavy atom. The van der Waals surface area contributed by atoms with Crippen molar-refractivity contribution in [3.8, 4) is 0 Å². The summed E-state index contributed by atoms with van der Waals surface area (Å²) in [7, 11) is -3.11. The summed E-state index contributed by atoms with van der Waals surface area (Å²) in [6.45, 7) is 0. The van der Waals surface area contributed by atoms with Crippen molar-refractivity contribution in [3.05, 3.63) is 30.3 Å². The van der Waals surface area contributed by atoms with Gasteiger partial charge in [0.15, 0.2) is 9.84 Å². The number of hydrogen-bond donors (Lipinski definition) is 0. The Hall–Kier alpha value is -1.01. The van der Waals surface area contributed by atoms with Gasteiger partial charge < -0.3 is 0 Å². The van der Waals surface area contributed by atoms with Crippen LogP contribution in [0.5, 0.6) is 0 Å². The number of sulfone groups is 1. The Kier molecular flexibility index (Phi) is 2.97. The molecule has 3 heteroatoms. The van der Waals surface area contributed by atoms with Crippen LogP contribution in [0.1, 0.15) is 32.1 Å². The van der Waals surface area contributed by atoms with Crippen molar-refractivity contribution in [1.29, 1.82) is 0 Å². The molecule has 2 rings (SSSR count). The van der Waals surface area contributed by atoms with Gasteiger partial charge in [-0.1, -0.05) is 31.4 Å². The van der Waals surface area contributed by atoms with Crippen LogP contribution >= 0.6 is 0 Å². The Morgan fingerprint density at radius 1 is 1.13 bits per heavy atom. The van der Waals surface area contributed by atoms with Gasteiger partial charge in [-0.05, 0) is 25.0 Å². The highest BCUT2D eigenvalue weighted by Crippen LogP contribution is 2.27. The Balaban J connectivity index is 2.26. The minimum absolute atomic E-state index is 0.179. The fraction of sp³-hybridized carbons (Fsp3) is 0.500. The lowest BCUT2D eigenvalue weighted by atomic mass is 10.0. The van der Waals surface area contributed by atoms with E-state index in [1.807, 2.05) is 0 Å². The molecule has 0 bridgehead atoms. The smallest absolute Gasteiger partial charge is 0.181 e. The lowest BCUT2D eigenvalue weighted by molar-refractivity contribution is 0.483. The van der Waals surface area contributed by atoms with Crippen molar-refractivity contribution in [3.63, 3.8) is 0 Å². The zero-order valence-electron chi connectivity index (χ0n) is 8.57. The first kappa shape index (κ1) is 10.5. The molecule has 0 amide bonds. The van der Waals surface area contributed by atoms with Gasteiger partial charge in [-0.15, -0.1) is 0 Å². The summed E-state index contributed by atoms with van der Waals surface area (Å²) in [6.07, 6.45) is 4.85. The standard InChI is InChI=1S/C12H14O2S/c13-15(14,11-7-3-1-4-8-11)12-9-5-2-6-10-12/h5,9-11H,1,3-4,7-8H2. The first-order chi connectivity index (χ1) is 7.21. The molecule has 1 aliphatic rings. The normalized spacial score (nSPS) is 18.4. The molecule has 15 heavy (non-hydrogen) atoms. The minimum Gasteiger partial charge on any atom is -0.223 e. The first-order valence-electron chi connectivity index (χ1n) is 5.33. The zero-order chi connectivity index (χ0) is 10.7. The molecule has 1 saturated carbocycles. The van der Waals surface area contributed by atoms with Gasteiger partial charge in [-0.3, -0.25) is 0 Å². The van der Waals surface area contributed by atoms with E-state index >= 15 is 0 Å². The molecule has 0 N–H and O–H groups in total. The van der Waals surface area contributed by atoms with Gasteiger partial charge in [0.25, 0.3) is 0 Å². The third-order valence-corrected chi connectivity index (χ3v) is 5.21. The van der Waals surface area contributed by atoms with Gasteiger partial charge in [0.2, 0.25) is 0 Å². The SMILES string of the molecule is O=S(=O)(c1cc#ccc1)C1CCCCC1. The Labute approximate surface area is 91.2 Å². The molecular formula is C12H14O2S. The van der Waals surface area contributed by atoms with Crippen LogP contribution in [0.25, 0.3) is 0 Å². The Bertz CT molecular complexity index is 403. The molecule has 0 aliphatic heterocycles. The molecule has 0 heterocycles. The third kappa shape index (κ3) is 2.15. The predicted octanol–water partition coefficient (Wildman–Crippen LogP) is 2.39. The highest BCUT2D eigenvalue weighted by Gasteiger charge is 2.28. The van der Waals surface area contributed by atoms with Crippen LogP contribution in [0.3, 0.4) is 0 Å². The van der Waals surface area contributed by atoms with Crippen LogP contribution in [-0.4, -0.2) is 13.7 Å². The zero-order valence-corrected chi connectivity index (χ0v) is 9.39. The highest BCUT2D eigenvalue weighted by molar-refractivity contribution is 7.92. The van der Waals surface area contributed by atoms with E-state index in [9.17, 15) is 8.42 Å². The molecule has 0 spiro atoms. The average molecular weight is 222 g/mol. The molecule has 1 fully saturated rings. The summed E-state index contributed by atoms with van der Waals surface area (Å²) in [5, 5.41) is -0.179. The molecule has 1 aromatic rings. The van der Waals surface area contributed by atoms with Crippen LogP contribution in [0.15, 0.2) is 23.1 Å². The van der Waals surface area contributed by atoms with E-state index < -0.39 is 9.84 Å². The van der Waals surface area contributed by atoms with E-state index in [4.69, 9.17) is 0 Å². The van der Waals surface area contributed by atoms with Crippen molar-refractivity contribution in [2.45, 2.75) is 42.2 Å². The summed E-state index contributed by atoms with van der Waals surface area (Å²) in [5.41, 5.74) is 0. The van der Waals surface area contributed by atoms with Crippen LogP contribution in [0.2, 0.25) is 0 Å². The molecule has 80 valence electrons. The van der Waals surface area contributed by atoms with Gasteiger partial charge >= 0.3 is 0 Å². The monoisotopic (exact) mass is 222 g/mol. The largest absolute Gasteiger partial charge is 0.223 e. The summed E-state index contributed by atoms with van der Waals surface area (Å²) >= 11 is 0. The Morgan fingerprint density at radius 2 is 1.87 bits per heavy atom. The van der Waals surface area contributed by atoms with Gasteiger partial charge in [0, 0.05) is 6.07 Å². The van der Waals surface area contributed by atoms with Crippen molar-refractivity contribution >= 4 is 9.84 Å². The van der Waals surface area contributed by atoms with E-state index in [1.165, 1.54) is 12.5 Å². The second kappa shape index (κ2) is 4.24. The fourth-order valence-electron chi connectivity index (χ4n) is 2.08. The van der Waals surface area contributed by atoms with Crippen molar-refractivity contribution in [2.75, 3.05) is 0 Å². The van der Waals surface area contributed by atoms with E-state index in [-0.39, 0.29) is 5.25 Å². The summed E-state index contributed by atoms with van der Waals surface area (Å²) in [6, 6.07) is 10.2.